The van der Waals surface area contributed by atoms with E-state index >= 15 is 0 Å². The fourth-order valence-electron chi connectivity index (χ4n) is 1.45. The maximum absolute atomic E-state index is 6.20. The molecule has 0 aliphatic heterocycles. The molecule has 0 heterocycles. The average molecular weight is 161 g/mol. The lowest BCUT2D eigenvalue weighted by molar-refractivity contribution is 0.214. The van der Waals surface area contributed by atoms with Crippen molar-refractivity contribution in [3.8, 4) is 0 Å². The van der Waals surface area contributed by atoms with E-state index in [9.17, 15) is 0 Å². The van der Waals surface area contributed by atoms with Crippen molar-refractivity contribution < 1.29 is 0 Å². The predicted octanol–water partition coefficient (Wildman–Crippen LogP) is 3.58. The molecule has 0 spiro atoms. The summed E-state index contributed by atoms with van der Waals surface area (Å²) in [5.74, 6) is 0. The lowest BCUT2D eigenvalue weighted by Crippen LogP contribution is -2.29. The second-order valence-electron chi connectivity index (χ2n) is 4.58. The molecule has 1 rings (SSSR count). The number of hydrogen-bond acceptors (Lipinski definition) is 0. The van der Waals surface area contributed by atoms with E-state index in [0.717, 1.165) is 0 Å². The van der Waals surface area contributed by atoms with Crippen molar-refractivity contribution in [2.75, 3.05) is 0 Å². The van der Waals surface area contributed by atoms with Crippen LogP contribution in [0.15, 0.2) is 0 Å². The third-order valence-electron chi connectivity index (χ3n) is 2.65. The van der Waals surface area contributed by atoms with Crippen LogP contribution in [0.5, 0.6) is 0 Å². The molecule has 10 heavy (non-hydrogen) atoms. The summed E-state index contributed by atoms with van der Waals surface area (Å²) in [7, 11) is 0. The molecule has 0 amide bonds. The minimum atomic E-state index is 0.107. The molecule has 1 heteroatoms. The van der Waals surface area contributed by atoms with Crippen molar-refractivity contribution >= 4 is 11.6 Å². The van der Waals surface area contributed by atoms with Crippen molar-refractivity contribution in [1.82, 2.24) is 0 Å². The fraction of sp³-hybridized carbons (Fsp3) is 1.00. The Bertz CT molecular complexity index is 96.7. The zero-order valence-corrected chi connectivity index (χ0v) is 7.96. The van der Waals surface area contributed by atoms with Crippen LogP contribution < -0.4 is 0 Å². The van der Waals surface area contributed by atoms with Crippen LogP contribution in [0.3, 0.4) is 0 Å². The van der Waals surface area contributed by atoms with E-state index in [1.807, 2.05) is 0 Å². The smallest absolute Gasteiger partial charge is 0.0419 e. The molecule has 0 aromatic heterocycles. The van der Waals surface area contributed by atoms with Gasteiger partial charge in [-0.2, -0.15) is 0 Å². The number of hydrogen-bond donors (Lipinski definition) is 0. The largest absolute Gasteiger partial charge is 0.120 e. The standard InChI is InChI=1S/C9H17Cl/c1-8(2)4-6-9(3,10)7-5-8/h4-7H2,1-3H3. The molecule has 0 aromatic carbocycles. The van der Waals surface area contributed by atoms with Gasteiger partial charge in [0.05, 0.1) is 0 Å². The van der Waals surface area contributed by atoms with Crippen molar-refractivity contribution in [1.29, 1.82) is 0 Å². The first-order valence-electron chi connectivity index (χ1n) is 4.10. The van der Waals surface area contributed by atoms with Crippen LogP contribution in [-0.2, 0) is 0 Å². The first-order valence-corrected chi connectivity index (χ1v) is 4.48. The molecule has 0 bridgehead atoms. The quantitative estimate of drug-likeness (QED) is 0.476. The van der Waals surface area contributed by atoms with E-state index in [4.69, 9.17) is 11.6 Å². The van der Waals surface area contributed by atoms with Gasteiger partial charge in [-0.25, -0.2) is 0 Å². The maximum atomic E-state index is 6.20. The average Bonchev–Trinajstić information content (AvgIpc) is 1.79. The van der Waals surface area contributed by atoms with Gasteiger partial charge in [0.15, 0.2) is 0 Å². The van der Waals surface area contributed by atoms with Crippen LogP contribution in [-0.4, -0.2) is 4.87 Å². The Morgan fingerprint density at radius 2 is 1.30 bits per heavy atom. The summed E-state index contributed by atoms with van der Waals surface area (Å²) in [6, 6.07) is 0. The highest BCUT2D eigenvalue weighted by Gasteiger charge is 2.32. The lowest BCUT2D eigenvalue weighted by Gasteiger charge is -2.37. The first kappa shape index (κ1) is 8.39. The molecule has 0 N–H and O–H groups in total. The van der Waals surface area contributed by atoms with E-state index in [0.29, 0.717) is 5.41 Å². The topological polar surface area (TPSA) is 0 Å². The van der Waals surface area contributed by atoms with Crippen LogP contribution >= 0.6 is 11.6 Å². The molecule has 0 saturated heterocycles. The molecule has 1 aliphatic carbocycles. The zero-order chi connectivity index (χ0) is 7.83. The van der Waals surface area contributed by atoms with E-state index in [1.54, 1.807) is 0 Å². The molecule has 1 aliphatic rings. The van der Waals surface area contributed by atoms with Crippen molar-refractivity contribution in [2.24, 2.45) is 5.41 Å². The Morgan fingerprint density at radius 3 is 1.60 bits per heavy atom. The predicted molar refractivity (Wildman–Crippen MR) is 46.5 cm³/mol. The molecule has 1 saturated carbocycles. The van der Waals surface area contributed by atoms with E-state index in [-0.39, 0.29) is 4.87 Å². The van der Waals surface area contributed by atoms with E-state index in [2.05, 4.69) is 20.8 Å². The molecule has 0 nitrogen and oxygen atoms in total. The maximum Gasteiger partial charge on any atom is 0.0419 e. The van der Waals surface area contributed by atoms with Gasteiger partial charge in [-0.1, -0.05) is 13.8 Å². The Labute approximate surface area is 69.0 Å². The first-order chi connectivity index (χ1) is 4.41. The summed E-state index contributed by atoms with van der Waals surface area (Å²) in [5.41, 5.74) is 0.550. The molecular weight excluding hydrogens is 144 g/mol. The minimum absolute atomic E-state index is 0.107. The zero-order valence-electron chi connectivity index (χ0n) is 7.21. The van der Waals surface area contributed by atoms with Gasteiger partial charge in [-0.05, 0) is 38.0 Å². The Balaban J connectivity index is 2.46. The molecule has 0 aromatic rings. The second-order valence-corrected chi connectivity index (χ2v) is 5.49. The van der Waals surface area contributed by atoms with Crippen LogP contribution in [0.25, 0.3) is 0 Å². The normalized spacial score (nSPS) is 30.0. The molecule has 60 valence electrons. The third-order valence-corrected chi connectivity index (χ3v) is 3.02. The summed E-state index contributed by atoms with van der Waals surface area (Å²) in [5, 5.41) is 0. The van der Waals surface area contributed by atoms with Crippen LogP contribution in [0, 0.1) is 5.41 Å². The van der Waals surface area contributed by atoms with Crippen LogP contribution in [0.2, 0.25) is 0 Å². The van der Waals surface area contributed by atoms with Gasteiger partial charge in [0.25, 0.3) is 0 Å². The summed E-state index contributed by atoms with van der Waals surface area (Å²) in [6.45, 7) is 6.82. The minimum Gasteiger partial charge on any atom is -0.120 e. The van der Waals surface area contributed by atoms with Gasteiger partial charge in [0.2, 0.25) is 0 Å². The van der Waals surface area contributed by atoms with Crippen molar-refractivity contribution in [2.45, 2.75) is 51.3 Å². The van der Waals surface area contributed by atoms with Gasteiger partial charge < -0.3 is 0 Å². The molecule has 0 radical (unpaired) electrons. The Kier molecular flexibility index (Phi) is 2.02. The summed E-state index contributed by atoms with van der Waals surface area (Å²) < 4.78 is 0. The fourth-order valence-corrected chi connectivity index (χ4v) is 1.64. The highest BCUT2D eigenvalue weighted by Crippen LogP contribution is 2.42. The highest BCUT2D eigenvalue weighted by atomic mass is 35.5. The van der Waals surface area contributed by atoms with E-state index in [1.165, 1.54) is 25.7 Å². The van der Waals surface area contributed by atoms with Crippen molar-refractivity contribution in [3.05, 3.63) is 0 Å². The summed E-state index contributed by atoms with van der Waals surface area (Å²) >= 11 is 6.20. The van der Waals surface area contributed by atoms with Gasteiger partial charge >= 0.3 is 0 Å². The SMILES string of the molecule is CC1(C)CCC(C)(Cl)CC1. The number of rotatable bonds is 0. The molecule has 0 atom stereocenters. The van der Waals surface area contributed by atoms with Crippen LogP contribution in [0.4, 0.5) is 0 Å². The van der Waals surface area contributed by atoms with Crippen LogP contribution in [0.1, 0.15) is 46.5 Å². The van der Waals surface area contributed by atoms with E-state index < -0.39 is 0 Å². The van der Waals surface area contributed by atoms with Gasteiger partial charge in [0, 0.05) is 4.87 Å². The van der Waals surface area contributed by atoms with Gasteiger partial charge in [-0.15, -0.1) is 11.6 Å². The number of alkyl halides is 1. The highest BCUT2D eigenvalue weighted by molar-refractivity contribution is 6.23. The van der Waals surface area contributed by atoms with Gasteiger partial charge in [0.1, 0.15) is 0 Å². The summed E-state index contributed by atoms with van der Waals surface area (Å²) in [4.78, 5) is 0.107. The Morgan fingerprint density at radius 1 is 0.900 bits per heavy atom. The van der Waals surface area contributed by atoms with Gasteiger partial charge in [-0.3, -0.25) is 0 Å². The van der Waals surface area contributed by atoms with Crippen molar-refractivity contribution in [3.63, 3.8) is 0 Å². The third kappa shape index (κ3) is 2.16. The lowest BCUT2D eigenvalue weighted by atomic mass is 9.73. The summed E-state index contributed by atoms with van der Waals surface area (Å²) in [6.07, 6.45) is 4.93. The monoisotopic (exact) mass is 160 g/mol. The molecule has 1 fully saturated rings. The Hall–Kier alpha value is 0.290. The molecular formula is C9H17Cl. The molecule has 0 unspecified atom stereocenters. The number of halogens is 1. The second kappa shape index (κ2) is 2.41.